The van der Waals surface area contributed by atoms with Crippen LogP contribution >= 0.6 is 0 Å². The van der Waals surface area contributed by atoms with E-state index in [1.54, 1.807) is 14.2 Å². The molecule has 0 radical (unpaired) electrons. The van der Waals surface area contributed by atoms with E-state index in [-0.39, 0.29) is 0 Å². The van der Waals surface area contributed by atoms with Crippen molar-refractivity contribution in [3.63, 3.8) is 0 Å². The van der Waals surface area contributed by atoms with E-state index < -0.39 is 0 Å². The topological polar surface area (TPSA) is 24.9 Å². The Hall–Kier alpha value is -2.04. The van der Waals surface area contributed by atoms with Crippen molar-refractivity contribution in [2.24, 2.45) is 0 Å². The quantitative estimate of drug-likeness (QED) is 0.805. The molecule has 1 aliphatic rings. The summed E-state index contributed by atoms with van der Waals surface area (Å²) in [6.07, 6.45) is 0. The SMILES string of the molecule is COc1ccc(CN2CCN(Cc3cccc(C)c3)CC2)c(OC)c1. The molecule has 0 N–H and O–H groups in total. The average Bonchev–Trinajstić information content (AvgIpc) is 2.63. The largest absolute Gasteiger partial charge is 0.497 e. The molecule has 4 nitrogen and oxygen atoms in total. The van der Waals surface area contributed by atoms with Gasteiger partial charge in [0.1, 0.15) is 11.5 Å². The van der Waals surface area contributed by atoms with Crippen LogP contribution in [0.3, 0.4) is 0 Å². The molecule has 0 amide bonds. The molecule has 0 bridgehead atoms. The molecule has 0 spiro atoms. The molecule has 0 unspecified atom stereocenters. The smallest absolute Gasteiger partial charge is 0.127 e. The second-order valence-electron chi connectivity index (χ2n) is 6.72. The number of piperazine rings is 1. The number of nitrogens with zero attached hydrogens (tertiary/aromatic N) is 2. The molecule has 1 fully saturated rings. The van der Waals surface area contributed by atoms with Gasteiger partial charge in [-0.2, -0.15) is 0 Å². The van der Waals surface area contributed by atoms with Crippen LogP contribution in [0.2, 0.25) is 0 Å². The zero-order valence-electron chi connectivity index (χ0n) is 15.5. The first-order valence-corrected chi connectivity index (χ1v) is 8.89. The Morgan fingerprint density at radius 1 is 0.840 bits per heavy atom. The predicted octanol–water partition coefficient (Wildman–Crippen LogP) is 3.33. The minimum atomic E-state index is 0.837. The van der Waals surface area contributed by atoms with Crippen LogP contribution in [-0.2, 0) is 13.1 Å². The van der Waals surface area contributed by atoms with Gasteiger partial charge in [0.05, 0.1) is 14.2 Å². The first-order chi connectivity index (χ1) is 12.2. The molecule has 0 aliphatic carbocycles. The van der Waals surface area contributed by atoms with Crippen molar-refractivity contribution in [2.45, 2.75) is 20.0 Å². The summed E-state index contributed by atoms with van der Waals surface area (Å²) >= 11 is 0. The number of hydrogen-bond donors (Lipinski definition) is 0. The van der Waals surface area contributed by atoms with E-state index in [4.69, 9.17) is 9.47 Å². The maximum Gasteiger partial charge on any atom is 0.127 e. The van der Waals surface area contributed by atoms with Gasteiger partial charge in [-0.25, -0.2) is 0 Å². The van der Waals surface area contributed by atoms with Crippen LogP contribution in [0.4, 0.5) is 0 Å². The summed E-state index contributed by atoms with van der Waals surface area (Å²) in [4.78, 5) is 5.04. The molecule has 2 aromatic carbocycles. The van der Waals surface area contributed by atoms with Crippen molar-refractivity contribution >= 4 is 0 Å². The second kappa shape index (κ2) is 8.37. The zero-order valence-corrected chi connectivity index (χ0v) is 15.5. The van der Waals surface area contributed by atoms with E-state index >= 15 is 0 Å². The van der Waals surface area contributed by atoms with E-state index in [0.717, 1.165) is 50.8 Å². The third kappa shape index (κ3) is 4.74. The Kier molecular flexibility index (Phi) is 5.95. The van der Waals surface area contributed by atoms with Gasteiger partial charge in [0.15, 0.2) is 0 Å². The third-order valence-corrected chi connectivity index (χ3v) is 4.84. The fraction of sp³-hybridized carbons (Fsp3) is 0.429. The predicted molar refractivity (Wildman–Crippen MR) is 101 cm³/mol. The number of rotatable bonds is 6. The van der Waals surface area contributed by atoms with Crippen molar-refractivity contribution in [3.8, 4) is 11.5 Å². The van der Waals surface area contributed by atoms with Crippen LogP contribution < -0.4 is 9.47 Å². The maximum absolute atomic E-state index is 5.52. The van der Waals surface area contributed by atoms with Gasteiger partial charge in [-0.3, -0.25) is 9.80 Å². The summed E-state index contributed by atoms with van der Waals surface area (Å²) in [6, 6.07) is 14.9. The van der Waals surface area contributed by atoms with E-state index in [2.05, 4.69) is 47.1 Å². The molecule has 1 saturated heterocycles. The standard InChI is InChI=1S/C21H28N2O2/c1-17-5-4-6-18(13-17)15-22-9-11-23(12-10-22)16-19-7-8-20(24-2)14-21(19)25-3/h4-8,13-14H,9-12,15-16H2,1-3H3. The highest BCUT2D eigenvalue weighted by Crippen LogP contribution is 2.26. The Labute approximate surface area is 151 Å². The molecular formula is C21H28N2O2. The number of ether oxygens (including phenoxy) is 2. The van der Waals surface area contributed by atoms with Gasteiger partial charge in [0, 0.05) is 50.9 Å². The van der Waals surface area contributed by atoms with E-state index in [1.165, 1.54) is 16.7 Å². The lowest BCUT2D eigenvalue weighted by Gasteiger charge is -2.35. The molecule has 1 aliphatic heterocycles. The van der Waals surface area contributed by atoms with Crippen LogP contribution in [0.5, 0.6) is 11.5 Å². The van der Waals surface area contributed by atoms with Crippen molar-refractivity contribution in [1.29, 1.82) is 0 Å². The molecule has 134 valence electrons. The van der Waals surface area contributed by atoms with E-state index in [1.807, 2.05) is 12.1 Å². The summed E-state index contributed by atoms with van der Waals surface area (Å²) in [6.45, 7) is 8.50. The first-order valence-electron chi connectivity index (χ1n) is 8.89. The highest BCUT2D eigenvalue weighted by molar-refractivity contribution is 5.40. The van der Waals surface area contributed by atoms with Gasteiger partial charge in [-0.05, 0) is 18.6 Å². The fourth-order valence-corrected chi connectivity index (χ4v) is 3.40. The molecule has 0 atom stereocenters. The minimum absolute atomic E-state index is 0.837. The van der Waals surface area contributed by atoms with Crippen molar-refractivity contribution < 1.29 is 9.47 Å². The Balaban J connectivity index is 1.54. The maximum atomic E-state index is 5.52. The lowest BCUT2D eigenvalue weighted by molar-refractivity contribution is 0.121. The Bertz CT molecular complexity index is 694. The van der Waals surface area contributed by atoms with Crippen molar-refractivity contribution in [2.75, 3.05) is 40.4 Å². The van der Waals surface area contributed by atoms with E-state index in [9.17, 15) is 0 Å². The first kappa shape index (κ1) is 17.8. The van der Waals surface area contributed by atoms with Crippen LogP contribution in [0.1, 0.15) is 16.7 Å². The summed E-state index contributed by atoms with van der Waals surface area (Å²) in [5.74, 6) is 1.74. The normalized spacial score (nSPS) is 16.0. The molecule has 3 rings (SSSR count). The lowest BCUT2D eigenvalue weighted by atomic mass is 10.1. The monoisotopic (exact) mass is 340 g/mol. The van der Waals surface area contributed by atoms with Gasteiger partial charge >= 0.3 is 0 Å². The van der Waals surface area contributed by atoms with Gasteiger partial charge in [-0.15, -0.1) is 0 Å². The minimum Gasteiger partial charge on any atom is -0.497 e. The van der Waals surface area contributed by atoms with Gasteiger partial charge < -0.3 is 9.47 Å². The Morgan fingerprint density at radius 2 is 1.56 bits per heavy atom. The van der Waals surface area contributed by atoms with Crippen LogP contribution in [0.15, 0.2) is 42.5 Å². The summed E-state index contributed by atoms with van der Waals surface area (Å²) in [5.41, 5.74) is 3.96. The number of hydrogen-bond acceptors (Lipinski definition) is 4. The molecule has 2 aromatic rings. The zero-order chi connectivity index (χ0) is 17.6. The molecule has 4 heteroatoms. The summed E-state index contributed by atoms with van der Waals surface area (Å²) in [7, 11) is 3.40. The van der Waals surface area contributed by atoms with Crippen molar-refractivity contribution in [1.82, 2.24) is 9.80 Å². The number of benzene rings is 2. The van der Waals surface area contributed by atoms with Crippen molar-refractivity contribution in [3.05, 3.63) is 59.2 Å². The molecule has 0 aromatic heterocycles. The van der Waals surface area contributed by atoms with Gasteiger partial charge in [-0.1, -0.05) is 35.9 Å². The summed E-state index contributed by atoms with van der Waals surface area (Å²) < 4.78 is 10.8. The van der Waals surface area contributed by atoms with Gasteiger partial charge in [0.25, 0.3) is 0 Å². The highest BCUT2D eigenvalue weighted by Gasteiger charge is 2.18. The third-order valence-electron chi connectivity index (χ3n) is 4.84. The summed E-state index contributed by atoms with van der Waals surface area (Å²) in [5, 5.41) is 0. The lowest BCUT2D eigenvalue weighted by Crippen LogP contribution is -2.45. The van der Waals surface area contributed by atoms with Crippen LogP contribution in [0.25, 0.3) is 0 Å². The molecular weight excluding hydrogens is 312 g/mol. The number of aryl methyl sites for hydroxylation is 1. The van der Waals surface area contributed by atoms with E-state index in [0.29, 0.717) is 0 Å². The number of methoxy groups -OCH3 is 2. The highest BCUT2D eigenvalue weighted by atomic mass is 16.5. The average molecular weight is 340 g/mol. The molecule has 1 heterocycles. The Morgan fingerprint density at radius 3 is 2.20 bits per heavy atom. The second-order valence-corrected chi connectivity index (χ2v) is 6.72. The van der Waals surface area contributed by atoms with Crippen LogP contribution in [0, 0.1) is 6.92 Å². The molecule has 0 saturated carbocycles. The fourth-order valence-electron chi connectivity index (χ4n) is 3.40. The molecule has 25 heavy (non-hydrogen) atoms. The van der Waals surface area contributed by atoms with Gasteiger partial charge in [0.2, 0.25) is 0 Å². The van der Waals surface area contributed by atoms with Crippen LogP contribution in [-0.4, -0.2) is 50.2 Å².